The highest BCUT2D eigenvalue weighted by Gasteiger charge is 2.22. The van der Waals surface area contributed by atoms with Crippen LogP contribution in [-0.4, -0.2) is 17.1 Å². The van der Waals surface area contributed by atoms with Crippen molar-refractivity contribution in [3.8, 4) is 11.8 Å². The number of hydrogen-bond acceptors (Lipinski definition) is 5. The smallest absolute Gasteiger partial charge is 0.311 e. The Morgan fingerprint density at radius 1 is 1.48 bits per heavy atom. The van der Waals surface area contributed by atoms with Gasteiger partial charge in [-0.25, -0.2) is 0 Å². The lowest BCUT2D eigenvalue weighted by Gasteiger charge is -2.19. The van der Waals surface area contributed by atoms with Gasteiger partial charge in [0.15, 0.2) is 5.75 Å². The summed E-state index contributed by atoms with van der Waals surface area (Å²) < 4.78 is 5.56. The number of nitro groups is 1. The number of rotatable bonds is 7. The molecule has 0 aliphatic heterocycles. The fourth-order valence-electron chi connectivity index (χ4n) is 2.13. The molecule has 114 valence electrons. The van der Waals surface area contributed by atoms with E-state index in [2.05, 4.69) is 6.07 Å². The summed E-state index contributed by atoms with van der Waals surface area (Å²) in [5.41, 5.74) is 6.56. The number of aryl methyl sites for hydroxylation is 2. The molecule has 6 heteroatoms. The molecule has 0 bridgehead atoms. The summed E-state index contributed by atoms with van der Waals surface area (Å²) in [4.78, 5) is 10.6. The van der Waals surface area contributed by atoms with Crippen LogP contribution in [-0.2, 0) is 0 Å². The zero-order valence-corrected chi connectivity index (χ0v) is 12.7. The number of nitrogens with zero attached hydrogens (tertiary/aromatic N) is 2. The summed E-state index contributed by atoms with van der Waals surface area (Å²) >= 11 is 0. The van der Waals surface area contributed by atoms with Gasteiger partial charge in [0.25, 0.3) is 0 Å². The van der Waals surface area contributed by atoms with Crippen LogP contribution in [0, 0.1) is 35.3 Å². The SMILES string of the molecule is CCC(N)(C#N)CCCOc1c(C)cc(C)cc1[N+](=O)[O-]. The summed E-state index contributed by atoms with van der Waals surface area (Å²) in [6, 6.07) is 5.43. The Morgan fingerprint density at radius 2 is 2.14 bits per heavy atom. The lowest BCUT2D eigenvalue weighted by molar-refractivity contribution is -0.386. The minimum Gasteiger partial charge on any atom is -0.487 e. The average Bonchev–Trinajstić information content (AvgIpc) is 2.44. The monoisotopic (exact) mass is 291 g/mol. The van der Waals surface area contributed by atoms with Crippen molar-refractivity contribution in [2.45, 2.75) is 45.6 Å². The maximum Gasteiger partial charge on any atom is 0.311 e. The van der Waals surface area contributed by atoms with Crippen molar-refractivity contribution in [2.24, 2.45) is 5.73 Å². The maximum absolute atomic E-state index is 11.1. The number of hydrogen-bond donors (Lipinski definition) is 1. The van der Waals surface area contributed by atoms with Crippen LogP contribution in [0.5, 0.6) is 5.75 Å². The number of nitriles is 1. The first-order valence-electron chi connectivity index (χ1n) is 6.91. The zero-order valence-electron chi connectivity index (χ0n) is 12.7. The van der Waals surface area contributed by atoms with Crippen LogP contribution in [0.15, 0.2) is 12.1 Å². The first kappa shape index (κ1) is 16.9. The number of ether oxygens (including phenoxy) is 1. The van der Waals surface area contributed by atoms with E-state index in [0.29, 0.717) is 31.6 Å². The van der Waals surface area contributed by atoms with E-state index in [-0.39, 0.29) is 5.69 Å². The standard InChI is InChI=1S/C15H21N3O3/c1-4-15(17,10-16)6-5-7-21-14-12(3)8-11(2)9-13(14)18(19)20/h8-9H,4-7,17H2,1-3H3. The Labute approximate surface area is 124 Å². The van der Waals surface area contributed by atoms with Gasteiger partial charge in [-0.1, -0.05) is 13.0 Å². The fourth-order valence-corrected chi connectivity index (χ4v) is 2.13. The minimum atomic E-state index is -0.850. The van der Waals surface area contributed by atoms with Crippen molar-refractivity contribution < 1.29 is 9.66 Å². The molecule has 0 aliphatic carbocycles. The van der Waals surface area contributed by atoms with E-state index in [0.717, 1.165) is 11.1 Å². The van der Waals surface area contributed by atoms with Crippen molar-refractivity contribution in [3.05, 3.63) is 33.4 Å². The molecule has 0 saturated heterocycles. The molecular weight excluding hydrogens is 270 g/mol. The highest BCUT2D eigenvalue weighted by Crippen LogP contribution is 2.32. The fraction of sp³-hybridized carbons (Fsp3) is 0.533. The van der Waals surface area contributed by atoms with E-state index in [4.69, 9.17) is 15.7 Å². The van der Waals surface area contributed by atoms with Gasteiger partial charge in [0, 0.05) is 6.07 Å². The Hall–Kier alpha value is -2.13. The Balaban J connectivity index is 2.73. The highest BCUT2D eigenvalue weighted by molar-refractivity contribution is 5.53. The van der Waals surface area contributed by atoms with Crippen LogP contribution in [0.25, 0.3) is 0 Å². The van der Waals surface area contributed by atoms with E-state index >= 15 is 0 Å². The molecule has 21 heavy (non-hydrogen) atoms. The number of benzene rings is 1. The molecule has 1 unspecified atom stereocenters. The lowest BCUT2D eigenvalue weighted by Crippen LogP contribution is -2.37. The largest absolute Gasteiger partial charge is 0.487 e. The minimum absolute atomic E-state index is 0.0257. The molecule has 1 atom stereocenters. The molecular formula is C15H21N3O3. The third-order valence-electron chi connectivity index (χ3n) is 3.46. The summed E-state index contributed by atoms with van der Waals surface area (Å²) in [7, 11) is 0. The molecule has 1 aromatic rings. The predicted octanol–water partition coefficient (Wildman–Crippen LogP) is 3.00. The highest BCUT2D eigenvalue weighted by atomic mass is 16.6. The second-order valence-electron chi connectivity index (χ2n) is 5.26. The number of nitro benzene ring substituents is 1. The first-order chi connectivity index (χ1) is 9.83. The van der Waals surface area contributed by atoms with Crippen LogP contribution in [0.2, 0.25) is 0 Å². The predicted molar refractivity (Wildman–Crippen MR) is 80.1 cm³/mol. The Morgan fingerprint density at radius 3 is 2.67 bits per heavy atom. The molecule has 0 saturated carbocycles. The zero-order chi connectivity index (χ0) is 16.0. The summed E-state index contributed by atoms with van der Waals surface area (Å²) in [5, 5.41) is 20.1. The summed E-state index contributed by atoms with van der Waals surface area (Å²) in [6.07, 6.45) is 1.63. The van der Waals surface area contributed by atoms with Crippen molar-refractivity contribution in [2.75, 3.05) is 6.61 Å². The molecule has 0 amide bonds. The molecule has 0 radical (unpaired) electrons. The quantitative estimate of drug-likeness (QED) is 0.472. The van der Waals surface area contributed by atoms with E-state index in [1.54, 1.807) is 13.8 Å². The van der Waals surface area contributed by atoms with Gasteiger partial charge in [0.05, 0.1) is 17.6 Å². The molecule has 0 aromatic heterocycles. The lowest BCUT2D eigenvalue weighted by atomic mass is 9.94. The van der Waals surface area contributed by atoms with E-state index < -0.39 is 10.5 Å². The Bertz CT molecular complexity index is 566. The van der Waals surface area contributed by atoms with Gasteiger partial charge in [-0.2, -0.15) is 5.26 Å². The van der Waals surface area contributed by atoms with Gasteiger partial charge in [0.1, 0.15) is 5.54 Å². The van der Waals surface area contributed by atoms with Gasteiger partial charge < -0.3 is 10.5 Å². The van der Waals surface area contributed by atoms with Crippen molar-refractivity contribution >= 4 is 5.69 Å². The van der Waals surface area contributed by atoms with Crippen molar-refractivity contribution in [1.82, 2.24) is 0 Å². The van der Waals surface area contributed by atoms with E-state index in [1.807, 2.05) is 13.0 Å². The molecule has 1 aromatic carbocycles. The van der Waals surface area contributed by atoms with Gasteiger partial charge in [-0.3, -0.25) is 10.1 Å². The average molecular weight is 291 g/mol. The van der Waals surface area contributed by atoms with Crippen LogP contribution >= 0.6 is 0 Å². The maximum atomic E-state index is 11.1. The number of nitrogens with two attached hydrogens (primary N) is 1. The molecule has 0 heterocycles. The topological polar surface area (TPSA) is 102 Å². The van der Waals surface area contributed by atoms with Gasteiger partial charge in [-0.05, 0) is 44.2 Å². The summed E-state index contributed by atoms with van der Waals surface area (Å²) in [6.45, 7) is 5.75. The molecule has 2 N–H and O–H groups in total. The molecule has 0 spiro atoms. The summed E-state index contributed by atoms with van der Waals surface area (Å²) in [5.74, 6) is 0.293. The van der Waals surface area contributed by atoms with Crippen molar-refractivity contribution in [1.29, 1.82) is 5.26 Å². The second-order valence-corrected chi connectivity index (χ2v) is 5.26. The second kappa shape index (κ2) is 7.04. The molecule has 1 rings (SSSR count). The van der Waals surface area contributed by atoms with Gasteiger partial charge in [0.2, 0.25) is 0 Å². The van der Waals surface area contributed by atoms with Crippen LogP contribution in [0.3, 0.4) is 0 Å². The first-order valence-corrected chi connectivity index (χ1v) is 6.91. The normalized spacial score (nSPS) is 13.3. The van der Waals surface area contributed by atoms with Crippen LogP contribution < -0.4 is 10.5 Å². The molecule has 6 nitrogen and oxygen atoms in total. The molecule has 0 aliphatic rings. The molecule has 0 fully saturated rings. The third kappa shape index (κ3) is 4.43. The Kier molecular flexibility index (Phi) is 5.68. The third-order valence-corrected chi connectivity index (χ3v) is 3.46. The van der Waals surface area contributed by atoms with E-state index in [1.165, 1.54) is 6.07 Å². The van der Waals surface area contributed by atoms with Gasteiger partial charge >= 0.3 is 5.69 Å². The van der Waals surface area contributed by atoms with Gasteiger partial charge in [-0.15, -0.1) is 0 Å². The van der Waals surface area contributed by atoms with E-state index in [9.17, 15) is 10.1 Å². The van der Waals surface area contributed by atoms with Crippen LogP contribution in [0.1, 0.15) is 37.3 Å². The van der Waals surface area contributed by atoms with Crippen LogP contribution in [0.4, 0.5) is 5.69 Å². The van der Waals surface area contributed by atoms with Crippen molar-refractivity contribution in [3.63, 3.8) is 0 Å².